The summed E-state index contributed by atoms with van der Waals surface area (Å²) in [4.78, 5) is 14.2. The minimum absolute atomic E-state index is 0.0488. The molecule has 0 radical (unpaired) electrons. The van der Waals surface area contributed by atoms with Gasteiger partial charge in [-0.1, -0.05) is 29.3 Å². The molecule has 126 valence electrons. The second-order valence-corrected chi connectivity index (χ2v) is 8.94. The second kappa shape index (κ2) is 6.49. The summed E-state index contributed by atoms with van der Waals surface area (Å²) in [5, 5.41) is 0.626. The van der Waals surface area contributed by atoms with Crippen molar-refractivity contribution in [2.75, 3.05) is 18.1 Å². The largest absolute Gasteiger partial charge is 0.482 e. The van der Waals surface area contributed by atoms with Crippen LogP contribution in [-0.2, 0) is 14.6 Å². The molecule has 0 N–H and O–H groups in total. The van der Waals surface area contributed by atoms with Crippen molar-refractivity contribution >= 4 is 38.9 Å². The van der Waals surface area contributed by atoms with Gasteiger partial charge < -0.3 is 9.64 Å². The van der Waals surface area contributed by atoms with Gasteiger partial charge in [-0.3, -0.25) is 4.79 Å². The Labute approximate surface area is 145 Å². The van der Waals surface area contributed by atoms with Gasteiger partial charge in [0.05, 0.1) is 16.5 Å². The monoisotopic (exact) mass is 377 g/mol. The van der Waals surface area contributed by atoms with E-state index in [-0.39, 0.29) is 41.1 Å². The SMILES string of the molecule is O=C(COc1cccc(Cl)c1Cl)N(C1CC1)[C@H]1CCS(=O)(=O)C1. The number of hydrogen-bond donors (Lipinski definition) is 0. The van der Waals surface area contributed by atoms with E-state index in [2.05, 4.69) is 0 Å². The molecular weight excluding hydrogens is 361 g/mol. The fourth-order valence-electron chi connectivity index (χ4n) is 2.86. The van der Waals surface area contributed by atoms with Gasteiger partial charge in [-0.15, -0.1) is 0 Å². The normalized spacial score (nSPS) is 22.8. The van der Waals surface area contributed by atoms with E-state index in [0.29, 0.717) is 17.2 Å². The Morgan fingerprint density at radius 1 is 1.22 bits per heavy atom. The molecule has 2 aliphatic rings. The van der Waals surface area contributed by atoms with E-state index in [9.17, 15) is 13.2 Å². The number of halogens is 2. The fraction of sp³-hybridized carbons (Fsp3) is 0.533. The van der Waals surface area contributed by atoms with Gasteiger partial charge in [0.1, 0.15) is 10.8 Å². The van der Waals surface area contributed by atoms with Crippen molar-refractivity contribution in [2.24, 2.45) is 0 Å². The maximum absolute atomic E-state index is 12.5. The zero-order valence-electron chi connectivity index (χ0n) is 12.4. The summed E-state index contributed by atoms with van der Waals surface area (Å²) in [6.07, 6.45) is 2.34. The average Bonchev–Trinajstić information content (AvgIpc) is 3.25. The van der Waals surface area contributed by atoms with E-state index in [4.69, 9.17) is 27.9 Å². The molecule has 8 heteroatoms. The molecule has 0 bridgehead atoms. The predicted octanol–water partition coefficient (Wildman–Crippen LogP) is 2.55. The lowest BCUT2D eigenvalue weighted by Crippen LogP contribution is -2.45. The van der Waals surface area contributed by atoms with Crippen molar-refractivity contribution < 1.29 is 17.9 Å². The van der Waals surface area contributed by atoms with Crippen molar-refractivity contribution in [3.8, 4) is 5.75 Å². The molecule has 0 spiro atoms. The maximum atomic E-state index is 12.5. The Hall–Kier alpha value is -0.980. The number of nitrogens with zero attached hydrogens (tertiary/aromatic N) is 1. The molecule has 0 unspecified atom stereocenters. The lowest BCUT2D eigenvalue weighted by atomic mass is 10.2. The number of sulfone groups is 1. The van der Waals surface area contributed by atoms with Crippen LogP contribution in [0.15, 0.2) is 18.2 Å². The first-order chi connectivity index (χ1) is 10.9. The van der Waals surface area contributed by atoms with Crippen molar-refractivity contribution in [1.82, 2.24) is 4.90 Å². The third-order valence-corrected chi connectivity index (χ3v) is 6.65. The fourth-order valence-corrected chi connectivity index (χ4v) is 4.92. The van der Waals surface area contributed by atoms with Gasteiger partial charge in [0.15, 0.2) is 16.4 Å². The Kier molecular flexibility index (Phi) is 4.76. The minimum atomic E-state index is -3.03. The van der Waals surface area contributed by atoms with Crippen molar-refractivity contribution in [1.29, 1.82) is 0 Å². The molecule has 1 amide bonds. The van der Waals surface area contributed by atoms with Gasteiger partial charge in [-0.05, 0) is 31.4 Å². The highest BCUT2D eigenvalue weighted by Crippen LogP contribution is 2.34. The lowest BCUT2D eigenvalue weighted by molar-refractivity contribution is -0.135. The highest BCUT2D eigenvalue weighted by Gasteiger charge is 2.42. The molecule has 1 saturated carbocycles. The quantitative estimate of drug-likeness (QED) is 0.790. The third kappa shape index (κ3) is 3.92. The minimum Gasteiger partial charge on any atom is -0.482 e. The van der Waals surface area contributed by atoms with Crippen LogP contribution < -0.4 is 4.74 Å². The molecular formula is C15H17Cl2NO4S. The number of ether oxygens (including phenoxy) is 1. The Bertz CT molecular complexity index is 718. The summed E-state index contributed by atoms with van der Waals surface area (Å²) in [7, 11) is -3.03. The third-order valence-electron chi connectivity index (χ3n) is 4.10. The zero-order chi connectivity index (χ0) is 16.6. The maximum Gasteiger partial charge on any atom is 0.261 e. The van der Waals surface area contributed by atoms with E-state index in [1.54, 1.807) is 23.1 Å². The van der Waals surface area contributed by atoms with Crippen LogP contribution in [0.5, 0.6) is 5.75 Å². The number of carbonyl (C=O) groups excluding carboxylic acids is 1. The first-order valence-corrected chi connectivity index (χ1v) is 10.0. The molecule has 2 fully saturated rings. The summed E-state index contributed by atoms with van der Waals surface area (Å²) < 4.78 is 28.8. The Morgan fingerprint density at radius 3 is 2.57 bits per heavy atom. The molecule has 1 aliphatic carbocycles. The number of benzene rings is 1. The standard InChI is InChI=1S/C15H17Cl2NO4S/c16-12-2-1-3-13(15(12)17)22-8-14(19)18(10-4-5-10)11-6-7-23(20,21)9-11/h1-3,10-11H,4-9H2/t11-/m0/s1. The van der Waals surface area contributed by atoms with Crippen LogP contribution in [0.1, 0.15) is 19.3 Å². The summed E-state index contributed by atoms with van der Waals surface area (Å²) >= 11 is 11.9. The summed E-state index contributed by atoms with van der Waals surface area (Å²) in [5.41, 5.74) is 0. The van der Waals surface area contributed by atoms with Gasteiger partial charge in [0, 0.05) is 12.1 Å². The number of rotatable bonds is 5. The highest BCUT2D eigenvalue weighted by molar-refractivity contribution is 7.91. The van der Waals surface area contributed by atoms with Gasteiger partial charge >= 0.3 is 0 Å². The Morgan fingerprint density at radius 2 is 1.96 bits per heavy atom. The molecule has 1 heterocycles. The van der Waals surface area contributed by atoms with Crippen molar-refractivity contribution in [3.05, 3.63) is 28.2 Å². The van der Waals surface area contributed by atoms with Crippen LogP contribution in [0.4, 0.5) is 0 Å². The topological polar surface area (TPSA) is 63.7 Å². The van der Waals surface area contributed by atoms with Gasteiger partial charge in [-0.2, -0.15) is 0 Å². The first-order valence-electron chi connectivity index (χ1n) is 7.46. The summed E-state index contributed by atoms with van der Waals surface area (Å²) in [5.74, 6) is 0.343. The van der Waals surface area contributed by atoms with Crippen LogP contribution in [0.2, 0.25) is 10.0 Å². The van der Waals surface area contributed by atoms with E-state index in [1.165, 1.54) is 0 Å². The van der Waals surface area contributed by atoms with E-state index in [1.807, 2.05) is 0 Å². The van der Waals surface area contributed by atoms with Crippen LogP contribution in [0, 0.1) is 0 Å². The molecule has 3 rings (SSSR count). The van der Waals surface area contributed by atoms with E-state index >= 15 is 0 Å². The molecule has 1 atom stereocenters. The van der Waals surface area contributed by atoms with Gasteiger partial charge in [-0.25, -0.2) is 8.42 Å². The van der Waals surface area contributed by atoms with Crippen LogP contribution in [-0.4, -0.2) is 49.4 Å². The predicted molar refractivity (Wildman–Crippen MR) is 88.9 cm³/mol. The summed E-state index contributed by atoms with van der Waals surface area (Å²) in [6, 6.07) is 4.87. The van der Waals surface area contributed by atoms with Crippen LogP contribution in [0.25, 0.3) is 0 Å². The lowest BCUT2D eigenvalue weighted by Gasteiger charge is -2.28. The zero-order valence-corrected chi connectivity index (χ0v) is 14.7. The molecule has 1 aromatic carbocycles. The number of hydrogen-bond acceptors (Lipinski definition) is 4. The summed E-state index contributed by atoms with van der Waals surface area (Å²) in [6.45, 7) is -0.174. The molecule has 0 aromatic heterocycles. The van der Waals surface area contributed by atoms with Crippen LogP contribution >= 0.6 is 23.2 Å². The van der Waals surface area contributed by atoms with Gasteiger partial charge in [0.25, 0.3) is 5.91 Å². The molecule has 1 aromatic rings. The Balaban J connectivity index is 1.67. The number of amides is 1. The number of carbonyl (C=O) groups is 1. The van der Waals surface area contributed by atoms with Crippen molar-refractivity contribution in [3.63, 3.8) is 0 Å². The molecule has 1 saturated heterocycles. The second-order valence-electron chi connectivity index (χ2n) is 5.93. The van der Waals surface area contributed by atoms with Crippen molar-refractivity contribution in [2.45, 2.75) is 31.3 Å². The van der Waals surface area contributed by atoms with Crippen LogP contribution in [0.3, 0.4) is 0 Å². The molecule has 5 nitrogen and oxygen atoms in total. The first kappa shape index (κ1) is 16.9. The van der Waals surface area contributed by atoms with E-state index in [0.717, 1.165) is 12.8 Å². The molecule has 1 aliphatic heterocycles. The smallest absolute Gasteiger partial charge is 0.261 e. The highest BCUT2D eigenvalue weighted by atomic mass is 35.5. The average molecular weight is 378 g/mol. The molecule has 23 heavy (non-hydrogen) atoms. The van der Waals surface area contributed by atoms with E-state index < -0.39 is 9.84 Å². The van der Waals surface area contributed by atoms with Gasteiger partial charge in [0.2, 0.25) is 0 Å².